The first kappa shape index (κ1) is 17.2. The van der Waals surface area contributed by atoms with Crippen LogP contribution in [0.5, 0.6) is 11.5 Å². The van der Waals surface area contributed by atoms with E-state index < -0.39 is 17.9 Å². The summed E-state index contributed by atoms with van der Waals surface area (Å²) in [7, 11) is 0. The van der Waals surface area contributed by atoms with Crippen LogP contribution in [0.3, 0.4) is 0 Å². The Morgan fingerprint density at radius 3 is 2.32 bits per heavy atom. The van der Waals surface area contributed by atoms with Gasteiger partial charge in [0.1, 0.15) is 18.1 Å². The Balaban J connectivity index is 2.31. The van der Waals surface area contributed by atoms with Crippen LogP contribution >= 0.6 is 0 Å². The van der Waals surface area contributed by atoms with Crippen molar-refractivity contribution in [2.24, 2.45) is 0 Å². The van der Waals surface area contributed by atoms with Gasteiger partial charge in [-0.2, -0.15) is 0 Å². The fourth-order valence-electron chi connectivity index (χ4n) is 1.38. The van der Waals surface area contributed by atoms with Gasteiger partial charge in [-0.1, -0.05) is 0 Å². The minimum atomic E-state index is -1.26. The zero-order valence-electron chi connectivity index (χ0n) is 12.0. The maximum Gasteiger partial charge on any atom is 0.331 e. The second kappa shape index (κ2) is 9.17. The second-order valence-corrected chi connectivity index (χ2v) is 3.97. The Morgan fingerprint density at radius 2 is 1.73 bits per heavy atom. The minimum Gasteiger partial charge on any atom is -0.494 e. The lowest BCUT2D eigenvalue weighted by atomic mass is 10.3. The predicted molar refractivity (Wildman–Crippen MR) is 75.6 cm³/mol. The van der Waals surface area contributed by atoms with E-state index in [4.69, 9.17) is 14.6 Å². The third kappa shape index (κ3) is 7.09. The molecular formula is C15H16O7. The molecule has 0 fully saturated rings. The first-order valence-corrected chi connectivity index (χ1v) is 6.52. The van der Waals surface area contributed by atoms with Crippen LogP contribution in [0.2, 0.25) is 0 Å². The molecule has 1 aromatic rings. The fraction of sp³-hybridized carbons (Fsp3) is 0.267. The number of rotatable bonds is 8. The minimum absolute atomic E-state index is 0.139. The number of carbonyl (C=O) groups is 3. The first-order chi connectivity index (χ1) is 10.5. The van der Waals surface area contributed by atoms with Gasteiger partial charge in [0.15, 0.2) is 0 Å². The molecule has 0 saturated carbocycles. The third-order valence-corrected chi connectivity index (χ3v) is 2.28. The van der Waals surface area contributed by atoms with Gasteiger partial charge in [-0.25, -0.2) is 9.59 Å². The van der Waals surface area contributed by atoms with Crippen LogP contribution in [0.15, 0.2) is 36.4 Å². The van der Waals surface area contributed by atoms with Crippen molar-refractivity contribution in [3.8, 4) is 11.5 Å². The molecule has 0 aliphatic rings. The number of esters is 2. The van der Waals surface area contributed by atoms with Crippen molar-refractivity contribution >= 4 is 17.9 Å². The van der Waals surface area contributed by atoms with Crippen LogP contribution in [0.25, 0.3) is 0 Å². The molecule has 0 atom stereocenters. The molecule has 118 valence electrons. The van der Waals surface area contributed by atoms with Crippen LogP contribution in [0.4, 0.5) is 0 Å². The molecule has 7 heteroatoms. The van der Waals surface area contributed by atoms with Crippen LogP contribution in [-0.4, -0.2) is 36.2 Å². The summed E-state index contributed by atoms with van der Waals surface area (Å²) in [6.07, 6.45) is 1.28. The van der Waals surface area contributed by atoms with E-state index in [1.165, 1.54) is 0 Å². The molecule has 1 aromatic carbocycles. The summed E-state index contributed by atoms with van der Waals surface area (Å²) in [6, 6.07) is 6.51. The summed E-state index contributed by atoms with van der Waals surface area (Å²) in [5.41, 5.74) is 0. The Bertz CT molecular complexity index is 546. The van der Waals surface area contributed by atoms with Gasteiger partial charge in [-0.05, 0) is 31.2 Å². The lowest BCUT2D eigenvalue weighted by molar-refractivity contribution is -0.142. The van der Waals surface area contributed by atoms with Gasteiger partial charge in [0.25, 0.3) is 0 Å². The molecule has 0 spiro atoms. The van der Waals surface area contributed by atoms with E-state index >= 15 is 0 Å². The number of ether oxygens (including phenoxy) is 3. The smallest absolute Gasteiger partial charge is 0.331 e. The number of hydrogen-bond donors (Lipinski definition) is 1. The number of hydrogen-bond acceptors (Lipinski definition) is 6. The van der Waals surface area contributed by atoms with Gasteiger partial charge in [0, 0.05) is 12.2 Å². The predicted octanol–water partition coefficient (Wildman–Crippen LogP) is 1.56. The average Bonchev–Trinajstić information content (AvgIpc) is 2.47. The van der Waals surface area contributed by atoms with Crippen molar-refractivity contribution in [3.63, 3.8) is 0 Å². The monoisotopic (exact) mass is 308 g/mol. The molecule has 0 aromatic heterocycles. The highest BCUT2D eigenvalue weighted by molar-refractivity contribution is 5.90. The van der Waals surface area contributed by atoms with Crippen LogP contribution in [0, 0.1) is 0 Å². The van der Waals surface area contributed by atoms with Crippen molar-refractivity contribution in [2.45, 2.75) is 13.3 Å². The third-order valence-electron chi connectivity index (χ3n) is 2.28. The number of carboxylic acid groups (broad SMARTS) is 1. The molecule has 1 N–H and O–H groups in total. The fourth-order valence-corrected chi connectivity index (χ4v) is 1.38. The molecule has 0 saturated heterocycles. The molecule has 0 aliphatic carbocycles. The number of carbonyl (C=O) groups excluding carboxylic acids is 2. The summed E-state index contributed by atoms with van der Waals surface area (Å²) in [6.45, 7) is 2.21. The van der Waals surface area contributed by atoms with E-state index in [0.29, 0.717) is 24.2 Å². The van der Waals surface area contributed by atoms with E-state index in [0.717, 1.165) is 6.08 Å². The maximum atomic E-state index is 11.5. The molecule has 7 nitrogen and oxygen atoms in total. The van der Waals surface area contributed by atoms with Gasteiger partial charge in [0.05, 0.1) is 13.0 Å². The Morgan fingerprint density at radius 1 is 1.09 bits per heavy atom. The highest BCUT2D eigenvalue weighted by Crippen LogP contribution is 2.17. The zero-order valence-corrected chi connectivity index (χ0v) is 12.0. The van der Waals surface area contributed by atoms with Crippen LogP contribution < -0.4 is 9.47 Å². The molecule has 0 heterocycles. The van der Waals surface area contributed by atoms with Gasteiger partial charge in [0.2, 0.25) is 0 Å². The zero-order chi connectivity index (χ0) is 16.4. The molecule has 22 heavy (non-hydrogen) atoms. The molecule has 0 bridgehead atoms. The van der Waals surface area contributed by atoms with Crippen molar-refractivity contribution in [1.29, 1.82) is 0 Å². The van der Waals surface area contributed by atoms with Crippen molar-refractivity contribution in [2.75, 3.05) is 13.2 Å². The van der Waals surface area contributed by atoms with E-state index in [9.17, 15) is 14.4 Å². The standard InChI is InChI=1S/C15H16O7/c1-2-20-11-3-5-12(6-4-11)22-15(19)9-10-21-14(18)8-7-13(16)17/h3-8H,2,9-10H2,1H3,(H,16,17)/b8-7+. The molecular weight excluding hydrogens is 292 g/mol. The largest absolute Gasteiger partial charge is 0.494 e. The Kier molecular flexibility index (Phi) is 7.18. The highest BCUT2D eigenvalue weighted by atomic mass is 16.5. The molecule has 0 unspecified atom stereocenters. The van der Waals surface area contributed by atoms with Crippen LogP contribution in [0.1, 0.15) is 13.3 Å². The van der Waals surface area contributed by atoms with Gasteiger partial charge in [-0.15, -0.1) is 0 Å². The van der Waals surface area contributed by atoms with Crippen LogP contribution in [-0.2, 0) is 19.1 Å². The SMILES string of the molecule is CCOc1ccc(OC(=O)CCOC(=O)/C=C/C(=O)O)cc1. The van der Waals surface area contributed by atoms with E-state index in [2.05, 4.69) is 4.74 Å². The quantitative estimate of drug-likeness (QED) is 0.442. The highest BCUT2D eigenvalue weighted by Gasteiger charge is 2.07. The lowest BCUT2D eigenvalue weighted by Crippen LogP contribution is -2.13. The molecule has 1 rings (SSSR count). The summed E-state index contributed by atoms with van der Waals surface area (Å²) >= 11 is 0. The first-order valence-electron chi connectivity index (χ1n) is 6.52. The summed E-state index contributed by atoms with van der Waals surface area (Å²) in [5.74, 6) is -1.64. The van der Waals surface area contributed by atoms with Gasteiger partial charge in [-0.3, -0.25) is 4.79 Å². The topological polar surface area (TPSA) is 99.1 Å². The Hall–Kier alpha value is -2.83. The van der Waals surface area contributed by atoms with Crippen molar-refractivity contribution in [3.05, 3.63) is 36.4 Å². The Labute approximate surface area is 127 Å². The summed E-state index contributed by atoms with van der Waals surface area (Å²) < 4.78 is 14.9. The summed E-state index contributed by atoms with van der Waals surface area (Å²) in [5, 5.41) is 8.32. The second-order valence-electron chi connectivity index (χ2n) is 3.97. The van der Waals surface area contributed by atoms with E-state index in [-0.39, 0.29) is 13.0 Å². The number of aliphatic carboxylic acids is 1. The van der Waals surface area contributed by atoms with Crippen molar-refractivity contribution < 1.29 is 33.7 Å². The lowest BCUT2D eigenvalue weighted by Gasteiger charge is -2.06. The molecule has 0 amide bonds. The van der Waals surface area contributed by atoms with Gasteiger partial charge < -0.3 is 19.3 Å². The summed E-state index contributed by atoms with van der Waals surface area (Å²) in [4.78, 5) is 32.7. The van der Waals surface area contributed by atoms with E-state index in [1.54, 1.807) is 24.3 Å². The number of carboxylic acids is 1. The maximum absolute atomic E-state index is 11.5. The van der Waals surface area contributed by atoms with Gasteiger partial charge >= 0.3 is 17.9 Å². The van der Waals surface area contributed by atoms with E-state index in [1.807, 2.05) is 6.92 Å². The molecule has 0 radical (unpaired) electrons. The number of benzene rings is 1. The average molecular weight is 308 g/mol. The molecule has 0 aliphatic heterocycles. The van der Waals surface area contributed by atoms with Crippen molar-refractivity contribution in [1.82, 2.24) is 0 Å². The normalized spacial score (nSPS) is 10.2.